The Bertz CT molecular complexity index is 146. The molecule has 0 saturated heterocycles. The zero-order valence-corrected chi connectivity index (χ0v) is 8.69. The van der Waals surface area contributed by atoms with Crippen molar-refractivity contribution in [1.82, 2.24) is 0 Å². The van der Waals surface area contributed by atoms with Crippen molar-refractivity contribution in [1.29, 1.82) is 0 Å². The van der Waals surface area contributed by atoms with Crippen molar-refractivity contribution in [3.05, 3.63) is 6.92 Å². The summed E-state index contributed by atoms with van der Waals surface area (Å²) in [5.41, 5.74) is 0.401. The van der Waals surface area contributed by atoms with Crippen LogP contribution >= 0.6 is 0 Å². The fraction of sp³-hybridized carbons (Fsp3) is 0.750. The Morgan fingerprint density at radius 1 is 1.42 bits per heavy atom. The standard InChI is InChI=1S/C12H21/c1-6-7-9-12(4,5)10-8-11(2)3/h1,11H,2,7-10H2,3-5H3. The molecule has 0 nitrogen and oxygen atoms in total. The van der Waals surface area contributed by atoms with Gasteiger partial charge in [-0.3, -0.25) is 0 Å². The zero-order valence-electron chi connectivity index (χ0n) is 8.69. The van der Waals surface area contributed by atoms with Crippen molar-refractivity contribution in [3.63, 3.8) is 0 Å². The van der Waals surface area contributed by atoms with Gasteiger partial charge in [-0.2, -0.15) is 0 Å². The highest BCUT2D eigenvalue weighted by Gasteiger charge is 2.16. The van der Waals surface area contributed by atoms with Crippen molar-refractivity contribution in [2.75, 3.05) is 0 Å². The van der Waals surface area contributed by atoms with Crippen LogP contribution in [-0.2, 0) is 0 Å². The second-order valence-corrected chi connectivity index (χ2v) is 4.51. The topological polar surface area (TPSA) is 0 Å². The number of rotatable bonds is 5. The molecule has 0 spiro atoms. The first kappa shape index (κ1) is 11.6. The van der Waals surface area contributed by atoms with E-state index >= 15 is 0 Å². The summed E-state index contributed by atoms with van der Waals surface area (Å²) in [6.07, 6.45) is 9.71. The molecular formula is C12H21. The SMILES string of the molecule is C#CCCC(C)(C)CCC([CH2])C. The van der Waals surface area contributed by atoms with E-state index < -0.39 is 0 Å². The Kier molecular flexibility index (Phi) is 5.06. The Hall–Kier alpha value is -0.440. The number of hydrogen-bond donors (Lipinski definition) is 0. The van der Waals surface area contributed by atoms with Gasteiger partial charge in [-0.25, -0.2) is 0 Å². The average molecular weight is 165 g/mol. The van der Waals surface area contributed by atoms with Gasteiger partial charge in [0.25, 0.3) is 0 Å². The summed E-state index contributed by atoms with van der Waals surface area (Å²) in [7, 11) is 0. The molecule has 0 aromatic rings. The van der Waals surface area contributed by atoms with Gasteiger partial charge in [0.15, 0.2) is 0 Å². The molecule has 1 unspecified atom stereocenters. The molecule has 0 N–H and O–H groups in total. The van der Waals surface area contributed by atoms with Crippen LogP contribution < -0.4 is 0 Å². The molecule has 0 heterocycles. The van der Waals surface area contributed by atoms with Crippen LogP contribution in [0.2, 0.25) is 0 Å². The molecule has 69 valence electrons. The van der Waals surface area contributed by atoms with Crippen LogP contribution in [0.3, 0.4) is 0 Å². The highest BCUT2D eigenvalue weighted by molar-refractivity contribution is 4.86. The molecule has 0 amide bonds. The van der Waals surface area contributed by atoms with Gasteiger partial charge in [0, 0.05) is 6.42 Å². The number of hydrogen-bond acceptors (Lipinski definition) is 0. The Morgan fingerprint density at radius 3 is 2.42 bits per heavy atom. The quantitative estimate of drug-likeness (QED) is 0.545. The van der Waals surface area contributed by atoms with Gasteiger partial charge in [-0.15, -0.1) is 12.3 Å². The van der Waals surface area contributed by atoms with Gasteiger partial charge in [-0.05, 0) is 24.2 Å². The summed E-state index contributed by atoms with van der Waals surface area (Å²) >= 11 is 0. The molecule has 0 fully saturated rings. The van der Waals surface area contributed by atoms with Crippen molar-refractivity contribution in [3.8, 4) is 12.3 Å². The molecule has 0 aliphatic heterocycles. The van der Waals surface area contributed by atoms with Crippen LogP contribution in [0.25, 0.3) is 0 Å². The second kappa shape index (κ2) is 5.25. The first-order chi connectivity index (χ1) is 5.48. The monoisotopic (exact) mass is 165 g/mol. The van der Waals surface area contributed by atoms with Crippen molar-refractivity contribution in [2.24, 2.45) is 11.3 Å². The maximum atomic E-state index is 5.23. The van der Waals surface area contributed by atoms with Crippen LogP contribution in [0.1, 0.15) is 46.5 Å². The van der Waals surface area contributed by atoms with E-state index in [9.17, 15) is 0 Å². The van der Waals surface area contributed by atoms with Crippen LogP contribution in [-0.4, -0.2) is 0 Å². The molecule has 1 radical (unpaired) electrons. The lowest BCUT2D eigenvalue weighted by atomic mass is 9.81. The van der Waals surface area contributed by atoms with E-state index in [2.05, 4.69) is 33.6 Å². The van der Waals surface area contributed by atoms with E-state index in [0.717, 1.165) is 12.8 Å². The highest BCUT2D eigenvalue weighted by Crippen LogP contribution is 2.29. The van der Waals surface area contributed by atoms with Gasteiger partial charge >= 0.3 is 0 Å². The Balaban J connectivity index is 3.65. The maximum absolute atomic E-state index is 5.23. The molecule has 0 aromatic heterocycles. The summed E-state index contributed by atoms with van der Waals surface area (Å²) < 4.78 is 0. The Morgan fingerprint density at radius 2 is 2.00 bits per heavy atom. The third-order valence-electron chi connectivity index (χ3n) is 2.26. The van der Waals surface area contributed by atoms with Gasteiger partial charge in [0.05, 0.1) is 0 Å². The van der Waals surface area contributed by atoms with Crippen LogP contribution in [0.5, 0.6) is 0 Å². The van der Waals surface area contributed by atoms with Crippen molar-refractivity contribution < 1.29 is 0 Å². The van der Waals surface area contributed by atoms with E-state index in [4.69, 9.17) is 6.42 Å². The van der Waals surface area contributed by atoms with E-state index in [0.29, 0.717) is 11.3 Å². The minimum absolute atomic E-state index is 0.401. The molecule has 0 aliphatic carbocycles. The van der Waals surface area contributed by atoms with E-state index in [1.54, 1.807) is 0 Å². The minimum atomic E-state index is 0.401. The molecule has 0 aromatic carbocycles. The predicted octanol–water partition coefficient (Wildman–Crippen LogP) is 3.68. The van der Waals surface area contributed by atoms with Crippen LogP contribution in [0, 0.1) is 30.6 Å². The molecule has 12 heavy (non-hydrogen) atoms. The summed E-state index contributed by atoms with van der Waals surface area (Å²) in [6, 6.07) is 0. The molecule has 0 aliphatic rings. The molecular weight excluding hydrogens is 144 g/mol. The van der Waals surface area contributed by atoms with Gasteiger partial charge in [-0.1, -0.05) is 34.1 Å². The van der Waals surface area contributed by atoms with Crippen molar-refractivity contribution >= 4 is 0 Å². The van der Waals surface area contributed by atoms with E-state index in [-0.39, 0.29) is 0 Å². The van der Waals surface area contributed by atoms with E-state index in [1.807, 2.05) is 0 Å². The molecule has 0 heteroatoms. The van der Waals surface area contributed by atoms with Crippen molar-refractivity contribution in [2.45, 2.75) is 46.5 Å². The summed E-state index contributed by atoms with van der Waals surface area (Å²) in [6.45, 7) is 10.7. The molecule has 0 bridgehead atoms. The summed E-state index contributed by atoms with van der Waals surface area (Å²) in [5.74, 6) is 3.26. The highest BCUT2D eigenvalue weighted by atomic mass is 14.2. The largest absolute Gasteiger partial charge is 0.120 e. The average Bonchev–Trinajstić information content (AvgIpc) is 1.98. The smallest absolute Gasteiger partial charge is 0.00911 e. The predicted molar refractivity (Wildman–Crippen MR) is 55.6 cm³/mol. The van der Waals surface area contributed by atoms with E-state index in [1.165, 1.54) is 12.8 Å². The molecule has 0 saturated carbocycles. The lowest BCUT2D eigenvalue weighted by Gasteiger charge is -2.24. The summed E-state index contributed by atoms with van der Waals surface area (Å²) in [5, 5.41) is 0. The fourth-order valence-electron chi connectivity index (χ4n) is 1.17. The third-order valence-corrected chi connectivity index (χ3v) is 2.26. The summed E-state index contributed by atoms with van der Waals surface area (Å²) in [4.78, 5) is 0. The van der Waals surface area contributed by atoms with Crippen LogP contribution in [0.15, 0.2) is 0 Å². The third kappa shape index (κ3) is 6.28. The minimum Gasteiger partial charge on any atom is -0.120 e. The first-order valence-electron chi connectivity index (χ1n) is 4.74. The molecule has 1 atom stereocenters. The van der Waals surface area contributed by atoms with Gasteiger partial charge in [0.1, 0.15) is 0 Å². The first-order valence-corrected chi connectivity index (χ1v) is 4.74. The lowest BCUT2D eigenvalue weighted by Crippen LogP contribution is -2.11. The Labute approximate surface area is 77.8 Å². The maximum Gasteiger partial charge on any atom is 0.00911 e. The zero-order chi connectivity index (χ0) is 9.61. The molecule has 0 rings (SSSR count). The normalized spacial score (nSPS) is 11.7. The fourth-order valence-corrected chi connectivity index (χ4v) is 1.17. The van der Waals surface area contributed by atoms with Gasteiger partial charge < -0.3 is 0 Å². The lowest BCUT2D eigenvalue weighted by molar-refractivity contribution is 0.290. The van der Waals surface area contributed by atoms with Crippen LogP contribution in [0.4, 0.5) is 0 Å². The second-order valence-electron chi connectivity index (χ2n) is 4.51. The van der Waals surface area contributed by atoms with Gasteiger partial charge in [0.2, 0.25) is 0 Å². The number of terminal acetylenes is 1.